The van der Waals surface area contributed by atoms with Crippen LogP contribution in [0, 0.1) is 5.82 Å². The van der Waals surface area contributed by atoms with E-state index in [-0.39, 0.29) is 17.0 Å². The average Bonchev–Trinajstić information content (AvgIpc) is 3.38. The number of rotatable bonds is 10. The third kappa shape index (κ3) is 5.45. The number of amides is 1. The molecule has 2 heterocycles. The van der Waals surface area contributed by atoms with Crippen molar-refractivity contribution in [1.82, 2.24) is 19.7 Å². The number of benzene rings is 1. The van der Waals surface area contributed by atoms with Crippen LogP contribution < -0.4 is 10.1 Å². The molecule has 2 unspecified atom stereocenters. The Bertz CT molecular complexity index is 976. The van der Waals surface area contributed by atoms with Gasteiger partial charge in [0.25, 0.3) is 0 Å². The summed E-state index contributed by atoms with van der Waals surface area (Å²) >= 11 is 2.70. The Kier molecular flexibility index (Phi) is 7.58. The van der Waals surface area contributed by atoms with Crippen molar-refractivity contribution in [3.05, 3.63) is 60.1 Å². The van der Waals surface area contributed by atoms with Gasteiger partial charge in [-0.05, 0) is 37.6 Å². The molecule has 0 aliphatic rings. The number of thiazole rings is 1. The molecule has 0 saturated carbocycles. The molecule has 3 aromatic rings. The number of carbonyl (C=O) groups excluding carboxylic acids is 1. The van der Waals surface area contributed by atoms with Gasteiger partial charge in [0.2, 0.25) is 5.91 Å². The number of nitrogens with zero attached hydrogens (tertiary/aromatic N) is 4. The fraction of sp³-hybridized carbons (Fsp3) is 0.300. The Morgan fingerprint density at radius 3 is 2.80 bits per heavy atom. The summed E-state index contributed by atoms with van der Waals surface area (Å²) in [6.07, 6.45) is 3.56. The number of anilines is 1. The maximum Gasteiger partial charge on any atom is 0.239 e. The second-order valence-corrected chi connectivity index (χ2v) is 8.36. The second-order valence-electron chi connectivity index (χ2n) is 6.30. The van der Waals surface area contributed by atoms with Gasteiger partial charge in [-0.1, -0.05) is 24.8 Å². The average molecular weight is 448 g/mol. The van der Waals surface area contributed by atoms with Crippen LogP contribution in [0.15, 0.2) is 53.7 Å². The predicted octanol–water partition coefficient (Wildman–Crippen LogP) is 4.71. The molecule has 0 fully saturated rings. The first-order chi connectivity index (χ1) is 14.5. The molecule has 0 radical (unpaired) electrons. The third-order valence-electron chi connectivity index (χ3n) is 4.12. The number of ether oxygens (including phenoxy) is 1. The highest BCUT2D eigenvalue weighted by Crippen LogP contribution is 2.29. The molecule has 1 N–H and O–H groups in total. The van der Waals surface area contributed by atoms with E-state index in [2.05, 4.69) is 27.1 Å². The van der Waals surface area contributed by atoms with Crippen LogP contribution in [0.1, 0.15) is 32.2 Å². The molecule has 1 amide bonds. The van der Waals surface area contributed by atoms with Crippen molar-refractivity contribution in [2.45, 2.75) is 43.3 Å². The maximum atomic E-state index is 13.1. The summed E-state index contributed by atoms with van der Waals surface area (Å²) in [4.78, 5) is 16.7. The number of carbonyl (C=O) groups is 1. The van der Waals surface area contributed by atoms with Gasteiger partial charge in [-0.25, -0.2) is 9.37 Å². The highest BCUT2D eigenvalue weighted by molar-refractivity contribution is 8.00. The van der Waals surface area contributed by atoms with Gasteiger partial charge in [0.1, 0.15) is 11.6 Å². The lowest BCUT2D eigenvalue weighted by Gasteiger charge is -2.17. The Hall–Kier alpha value is -2.72. The molecular formula is C20H22FN5O2S2. The fourth-order valence-electron chi connectivity index (χ4n) is 2.68. The minimum atomic E-state index is -0.429. The van der Waals surface area contributed by atoms with Crippen LogP contribution in [0.3, 0.4) is 0 Å². The largest absolute Gasteiger partial charge is 0.483 e. The lowest BCUT2D eigenvalue weighted by Crippen LogP contribution is -2.25. The highest BCUT2D eigenvalue weighted by Gasteiger charge is 2.25. The van der Waals surface area contributed by atoms with E-state index in [0.29, 0.717) is 34.8 Å². The van der Waals surface area contributed by atoms with Crippen LogP contribution in [-0.4, -0.2) is 30.9 Å². The zero-order chi connectivity index (χ0) is 21.5. The molecule has 1 aromatic carbocycles. The monoisotopic (exact) mass is 447 g/mol. The van der Waals surface area contributed by atoms with Crippen LogP contribution in [0.2, 0.25) is 0 Å². The van der Waals surface area contributed by atoms with Gasteiger partial charge < -0.3 is 10.1 Å². The van der Waals surface area contributed by atoms with Crippen LogP contribution >= 0.6 is 23.1 Å². The standard InChI is InChI=1S/C20H22FN5O2S2/c1-4-11-26-17(13(3)28-15-8-6-14(21)7-9-15)24-25-20(26)30-16(5-2)18(27)23-19-22-10-12-29-19/h4,6-10,12-13,16H,1,5,11H2,2-3H3,(H,22,23,27). The molecule has 3 rings (SSSR count). The van der Waals surface area contributed by atoms with Crippen LogP contribution in [0.25, 0.3) is 0 Å². The molecule has 0 spiro atoms. The molecule has 2 atom stereocenters. The molecule has 30 heavy (non-hydrogen) atoms. The Morgan fingerprint density at radius 2 is 2.17 bits per heavy atom. The van der Waals surface area contributed by atoms with E-state index >= 15 is 0 Å². The maximum absolute atomic E-state index is 13.1. The van der Waals surface area contributed by atoms with Gasteiger partial charge in [-0.3, -0.25) is 9.36 Å². The Labute approximate surface area is 182 Å². The lowest BCUT2D eigenvalue weighted by molar-refractivity contribution is -0.115. The van der Waals surface area contributed by atoms with E-state index in [1.54, 1.807) is 29.8 Å². The van der Waals surface area contributed by atoms with Crippen molar-refractivity contribution in [3.8, 4) is 5.75 Å². The van der Waals surface area contributed by atoms with Gasteiger partial charge >= 0.3 is 0 Å². The van der Waals surface area contributed by atoms with Crippen molar-refractivity contribution < 1.29 is 13.9 Å². The number of allylic oxidation sites excluding steroid dienone is 1. The van der Waals surface area contributed by atoms with Crippen molar-refractivity contribution in [1.29, 1.82) is 0 Å². The van der Waals surface area contributed by atoms with Gasteiger partial charge in [-0.2, -0.15) is 0 Å². The number of thioether (sulfide) groups is 1. The van der Waals surface area contributed by atoms with Crippen molar-refractivity contribution in [2.24, 2.45) is 0 Å². The molecule has 7 nitrogen and oxygen atoms in total. The number of halogens is 1. The van der Waals surface area contributed by atoms with E-state index in [9.17, 15) is 9.18 Å². The quantitative estimate of drug-likeness (QED) is 0.358. The number of aromatic nitrogens is 4. The van der Waals surface area contributed by atoms with Crippen LogP contribution in [0.4, 0.5) is 9.52 Å². The van der Waals surface area contributed by atoms with E-state index in [1.807, 2.05) is 18.4 Å². The second kappa shape index (κ2) is 10.4. The first-order valence-electron chi connectivity index (χ1n) is 9.35. The molecule has 158 valence electrons. The molecule has 0 aliphatic carbocycles. The topological polar surface area (TPSA) is 81.9 Å². The van der Waals surface area contributed by atoms with Crippen molar-refractivity contribution in [3.63, 3.8) is 0 Å². The molecule has 2 aromatic heterocycles. The molecule has 0 aliphatic heterocycles. The Morgan fingerprint density at radius 1 is 1.40 bits per heavy atom. The summed E-state index contributed by atoms with van der Waals surface area (Å²) in [5.41, 5.74) is 0. The summed E-state index contributed by atoms with van der Waals surface area (Å²) in [6.45, 7) is 8.05. The molecular weight excluding hydrogens is 425 g/mol. The Balaban J connectivity index is 1.75. The summed E-state index contributed by atoms with van der Waals surface area (Å²) < 4.78 is 20.9. The number of nitrogens with one attached hydrogen (secondary N) is 1. The first kappa shape index (κ1) is 22.0. The summed E-state index contributed by atoms with van der Waals surface area (Å²) in [6, 6.07) is 5.80. The highest BCUT2D eigenvalue weighted by atomic mass is 32.2. The summed E-state index contributed by atoms with van der Waals surface area (Å²) in [5, 5.41) is 14.0. The number of hydrogen-bond acceptors (Lipinski definition) is 7. The van der Waals surface area contributed by atoms with Crippen LogP contribution in [-0.2, 0) is 11.3 Å². The van der Waals surface area contributed by atoms with Crippen LogP contribution in [0.5, 0.6) is 5.75 Å². The van der Waals surface area contributed by atoms with E-state index in [1.165, 1.54) is 35.2 Å². The SMILES string of the molecule is C=CCn1c(SC(CC)C(=O)Nc2nccs2)nnc1C(C)Oc1ccc(F)cc1. The van der Waals surface area contributed by atoms with Crippen molar-refractivity contribution >= 4 is 34.1 Å². The normalized spacial score (nSPS) is 12.9. The molecule has 10 heteroatoms. The minimum absolute atomic E-state index is 0.136. The zero-order valence-electron chi connectivity index (χ0n) is 16.6. The smallest absolute Gasteiger partial charge is 0.239 e. The lowest BCUT2D eigenvalue weighted by atomic mass is 10.3. The third-order valence-corrected chi connectivity index (χ3v) is 6.15. The molecule has 0 bridgehead atoms. The van der Waals surface area contributed by atoms with E-state index in [0.717, 1.165) is 0 Å². The van der Waals surface area contributed by atoms with Gasteiger partial charge in [-0.15, -0.1) is 28.1 Å². The van der Waals surface area contributed by atoms with Gasteiger partial charge in [0.15, 0.2) is 22.2 Å². The first-order valence-corrected chi connectivity index (χ1v) is 11.1. The predicted molar refractivity (Wildman–Crippen MR) is 116 cm³/mol. The van der Waals surface area contributed by atoms with E-state index < -0.39 is 6.10 Å². The summed E-state index contributed by atoms with van der Waals surface area (Å²) in [7, 11) is 0. The molecule has 0 saturated heterocycles. The van der Waals surface area contributed by atoms with Gasteiger partial charge in [0, 0.05) is 18.1 Å². The van der Waals surface area contributed by atoms with E-state index in [4.69, 9.17) is 4.74 Å². The number of hydrogen-bond donors (Lipinski definition) is 1. The fourth-order valence-corrected chi connectivity index (χ4v) is 4.18. The minimum Gasteiger partial charge on any atom is -0.483 e. The van der Waals surface area contributed by atoms with Gasteiger partial charge in [0.05, 0.1) is 5.25 Å². The zero-order valence-corrected chi connectivity index (χ0v) is 18.3. The summed E-state index contributed by atoms with van der Waals surface area (Å²) in [5.74, 6) is 0.658. The van der Waals surface area contributed by atoms with Crippen molar-refractivity contribution in [2.75, 3.05) is 5.32 Å².